The molecule has 0 amide bonds. The fourth-order valence-electron chi connectivity index (χ4n) is 3.43. The Morgan fingerprint density at radius 2 is 1.09 bits per heavy atom. The lowest BCUT2D eigenvalue weighted by molar-refractivity contribution is 0.414. The maximum Gasteiger partial charge on any atom is 0.118 e. The molecule has 3 rings (SSSR count). The molecule has 0 aliphatic carbocycles. The molecule has 0 saturated carbocycles. The van der Waals surface area contributed by atoms with Gasteiger partial charge in [-0.2, -0.15) is 0 Å². The van der Waals surface area contributed by atoms with Crippen LogP contribution in [0.15, 0.2) is 84.9 Å². The van der Waals surface area contributed by atoms with Crippen molar-refractivity contribution in [3.05, 3.63) is 102 Å². The normalized spacial score (nSPS) is 11.2. The predicted molar refractivity (Wildman–Crippen MR) is 96.1 cm³/mol. The molecule has 0 aliphatic heterocycles. The van der Waals surface area contributed by atoms with Crippen molar-refractivity contribution in [1.82, 2.24) is 0 Å². The van der Waals surface area contributed by atoms with E-state index in [0.717, 1.165) is 12.2 Å². The van der Waals surface area contributed by atoms with Gasteiger partial charge in [0, 0.05) is 5.41 Å². The maximum atomic E-state index is 5.33. The van der Waals surface area contributed by atoms with Gasteiger partial charge >= 0.3 is 0 Å². The van der Waals surface area contributed by atoms with Crippen LogP contribution in [0.3, 0.4) is 0 Å². The van der Waals surface area contributed by atoms with Crippen molar-refractivity contribution >= 4 is 0 Å². The molecule has 23 heavy (non-hydrogen) atoms. The van der Waals surface area contributed by atoms with E-state index in [1.165, 1.54) is 16.7 Å². The van der Waals surface area contributed by atoms with Gasteiger partial charge in [-0.1, -0.05) is 79.7 Å². The van der Waals surface area contributed by atoms with Gasteiger partial charge in [-0.05, 0) is 35.2 Å². The van der Waals surface area contributed by atoms with Crippen LogP contribution in [0.2, 0.25) is 0 Å². The van der Waals surface area contributed by atoms with Gasteiger partial charge in [0.25, 0.3) is 0 Å². The molecule has 3 aromatic carbocycles. The summed E-state index contributed by atoms with van der Waals surface area (Å²) in [6, 6.07) is 30.0. The van der Waals surface area contributed by atoms with E-state index in [1.807, 2.05) is 12.1 Å². The zero-order valence-corrected chi connectivity index (χ0v) is 13.7. The van der Waals surface area contributed by atoms with E-state index in [1.54, 1.807) is 7.11 Å². The number of benzene rings is 3. The Labute approximate surface area is 138 Å². The van der Waals surface area contributed by atoms with Gasteiger partial charge in [-0.3, -0.25) is 0 Å². The van der Waals surface area contributed by atoms with E-state index < -0.39 is 0 Å². The first kappa shape index (κ1) is 15.4. The first-order valence-corrected chi connectivity index (χ1v) is 8.07. The van der Waals surface area contributed by atoms with Gasteiger partial charge in [-0.25, -0.2) is 0 Å². The van der Waals surface area contributed by atoms with Crippen molar-refractivity contribution in [1.29, 1.82) is 0 Å². The molecular weight excluding hydrogens is 280 g/mol. The minimum absolute atomic E-state index is 0.144. The summed E-state index contributed by atoms with van der Waals surface area (Å²) in [5, 5.41) is 0. The first-order valence-electron chi connectivity index (χ1n) is 8.07. The summed E-state index contributed by atoms with van der Waals surface area (Å²) < 4.78 is 5.33. The number of methoxy groups -OCH3 is 1. The molecule has 0 fully saturated rings. The largest absolute Gasteiger partial charge is 0.497 e. The van der Waals surface area contributed by atoms with Gasteiger partial charge < -0.3 is 4.74 Å². The second-order valence-electron chi connectivity index (χ2n) is 5.72. The van der Waals surface area contributed by atoms with Gasteiger partial charge in [0.05, 0.1) is 7.11 Å². The highest BCUT2D eigenvalue weighted by molar-refractivity contribution is 5.51. The van der Waals surface area contributed by atoms with Crippen LogP contribution in [-0.2, 0) is 5.41 Å². The minimum Gasteiger partial charge on any atom is -0.497 e. The highest BCUT2D eigenvalue weighted by Gasteiger charge is 2.34. The molecule has 0 bridgehead atoms. The molecule has 1 nitrogen and oxygen atoms in total. The Balaban J connectivity index is 2.24. The quantitative estimate of drug-likeness (QED) is 0.570. The summed E-state index contributed by atoms with van der Waals surface area (Å²) in [7, 11) is 1.70. The zero-order chi connectivity index (χ0) is 16.1. The van der Waals surface area contributed by atoms with E-state index in [9.17, 15) is 0 Å². The average Bonchev–Trinajstić information content (AvgIpc) is 2.65. The highest BCUT2D eigenvalue weighted by Crippen LogP contribution is 2.42. The third-order valence-corrected chi connectivity index (χ3v) is 4.65. The van der Waals surface area contributed by atoms with Crippen molar-refractivity contribution in [3.8, 4) is 5.75 Å². The SMILES string of the molecule is CCC(c1ccccc1)(c1ccccc1)c1ccc(OC)cc1. The van der Waals surface area contributed by atoms with Crippen LogP contribution in [0.25, 0.3) is 0 Å². The molecule has 3 aromatic rings. The van der Waals surface area contributed by atoms with Crippen molar-refractivity contribution in [2.24, 2.45) is 0 Å². The van der Waals surface area contributed by atoms with Crippen molar-refractivity contribution in [2.75, 3.05) is 7.11 Å². The molecule has 0 N–H and O–H groups in total. The third kappa shape index (κ3) is 2.75. The monoisotopic (exact) mass is 302 g/mol. The fourth-order valence-corrected chi connectivity index (χ4v) is 3.43. The topological polar surface area (TPSA) is 9.23 Å². The summed E-state index contributed by atoms with van der Waals surface area (Å²) >= 11 is 0. The van der Waals surface area contributed by atoms with Crippen LogP contribution in [0, 0.1) is 0 Å². The molecule has 0 unspecified atom stereocenters. The molecule has 1 heteroatoms. The number of hydrogen-bond acceptors (Lipinski definition) is 1. The van der Waals surface area contributed by atoms with Crippen LogP contribution in [0.5, 0.6) is 5.75 Å². The van der Waals surface area contributed by atoms with Crippen LogP contribution in [0.1, 0.15) is 30.0 Å². The molecule has 0 radical (unpaired) electrons. The molecular formula is C22H22O. The lowest BCUT2D eigenvalue weighted by atomic mass is 9.68. The third-order valence-electron chi connectivity index (χ3n) is 4.65. The lowest BCUT2D eigenvalue weighted by Crippen LogP contribution is -2.28. The van der Waals surface area contributed by atoms with Crippen molar-refractivity contribution in [3.63, 3.8) is 0 Å². The minimum atomic E-state index is -0.144. The Hall–Kier alpha value is -2.54. The van der Waals surface area contributed by atoms with E-state index in [4.69, 9.17) is 4.74 Å². The summed E-state index contributed by atoms with van der Waals surface area (Å²) in [4.78, 5) is 0. The lowest BCUT2D eigenvalue weighted by Gasteiger charge is -2.35. The smallest absolute Gasteiger partial charge is 0.118 e. The summed E-state index contributed by atoms with van der Waals surface area (Å²) in [6.07, 6.45) is 0.993. The van der Waals surface area contributed by atoms with E-state index in [0.29, 0.717) is 0 Å². The Morgan fingerprint density at radius 1 is 0.652 bits per heavy atom. The van der Waals surface area contributed by atoms with Gasteiger partial charge in [0.15, 0.2) is 0 Å². The molecule has 0 atom stereocenters. The molecule has 0 saturated heterocycles. The van der Waals surface area contributed by atoms with Crippen LogP contribution in [-0.4, -0.2) is 7.11 Å². The molecule has 0 spiro atoms. The zero-order valence-electron chi connectivity index (χ0n) is 13.7. The highest BCUT2D eigenvalue weighted by atomic mass is 16.5. The second-order valence-corrected chi connectivity index (χ2v) is 5.72. The number of rotatable bonds is 5. The standard InChI is InChI=1S/C22H22O/c1-3-22(18-10-6-4-7-11-18,19-12-8-5-9-13-19)20-14-16-21(23-2)17-15-20/h4-17H,3H2,1-2H3. The van der Waals surface area contributed by atoms with E-state index in [2.05, 4.69) is 79.7 Å². The number of hydrogen-bond donors (Lipinski definition) is 0. The van der Waals surface area contributed by atoms with Crippen molar-refractivity contribution in [2.45, 2.75) is 18.8 Å². The van der Waals surface area contributed by atoms with Crippen LogP contribution >= 0.6 is 0 Å². The summed E-state index contributed by atoms with van der Waals surface area (Å²) in [6.45, 7) is 2.25. The molecule has 116 valence electrons. The number of ether oxygens (including phenoxy) is 1. The summed E-state index contributed by atoms with van der Waals surface area (Å²) in [5.74, 6) is 0.889. The van der Waals surface area contributed by atoms with Crippen molar-refractivity contribution < 1.29 is 4.74 Å². The Morgan fingerprint density at radius 3 is 1.48 bits per heavy atom. The Bertz CT molecular complexity index is 690. The average molecular weight is 302 g/mol. The molecule has 0 heterocycles. The van der Waals surface area contributed by atoms with Crippen LogP contribution in [0.4, 0.5) is 0 Å². The maximum absolute atomic E-state index is 5.33. The summed E-state index contributed by atoms with van der Waals surface area (Å²) in [5.41, 5.74) is 3.78. The second kappa shape index (κ2) is 6.70. The Kier molecular flexibility index (Phi) is 4.47. The first-order chi connectivity index (χ1) is 11.3. The van der Waals surface area contributed by atoms with Gasteiger partial charge in [0.2, 0.25) is 0 Å². The van der Waals surface area contributed by atoms with E-state index >= 15 is 0 Å². The predicted octanol–water partition coefficient (Wildman–Crippen LogP) is 5.44. The molecule has 0 aliphatic rings. The van der Waals surface area contributed by atoms with Gasteiger partial charge in [-0.15, -0.1) is 0 Å². The van der Waals surface area contributed by atoms with Gasteiger partial charge in [0.1, 0.15) is 5.75 Å². The fraction of sp³-hybridized carbons (Fsp3) is 0.182. The van der Waals surface area contributed by atoms with Crippen LogP contribution < -0.4 is 4.74 Å². The van der Waals surface area contributed by atoms with E-state index in [-0.39, 0.29) is 5.41 Å². The molecule has 0 aromatic heterocycles.